The molecule has 2 aromatic rings. The number of hydrogen-bond acceptors (Lipinski definition) is 7. The number of aromatic amines is 1. The molecule has 1 aromatic carbocycles. The molecule has 1 aromatic heterocycles. The van der Waals surface area contributed by atoms with Gasteiger partial charge in [0.25, 0.3) is 10.0 Å². The number of sulfonamides is 1. The van der Waals surface area contributed by atoms with E-state index in [1.807, 2.05) is 20.8 Å². The van der Waals surface area contributed by atoms with Gasteiger partial charge in [-0.3, -0.25) is 10.2 Å². The minimum atomic E-state index is -3.99. The largest absolute Gasteiger partial charge is 0.487 e. The van der Waals surface area contributed by atoms with Gasteiger partial charge in [0.05, 0.1) is 23.0 Å². The molecule has 0 aliphatic carbocycles. The molecule has 0 bridgehead atoms. The maximum absolute atomic E-state index is 13.3. The first-order valence-corrected chi connectivity index (χ1v) is 14.0. The molecule has 3 rings (SSSR count). The summed E-state index contributed by atoms with van der Waals surface area (Å²) < 4.78 is 35.0. The maximum Gasteiger partial charge on any atom is 0.264 e. The summed E-state index contributed by atoms with van der Waals surface area (Å²) in [6.07, 6.45) is 6.35. The van der Waals surface area contributed by atoms with Crippen molar-refractivity contribution in [2.24, 2.45) is 5.73 Å². The van der Waals surface area contributed by atoms with E-state index >= 15 is 0 Å². The van der Waals surface area contributed by atoms with E-state index in [4.69, 9.17) is 15.9 Å². The zero-order valence-electron chi connectivity index (χ0n) is 22.2. The Hall–Kier alpha value is -3.12. The Balaban J connectivity index is 1.51. The highest BCUT2D eigenvalue weighted by atomic mass is 32.2. The van der Waals surface area contributed by atoms with Gasteiger partial charge in [0, 0.05) is 25.7 Å². The molecule has 7 N–H and O–H groups in total. The van der Waals surface area contributed by atoms with Crippen molar-refractivity contribution >= 4 is 21.9 Å². The van der Waals surface area contributed by atoms with Crippen molar-refractivity contribution in [3.8, 4) is 5.75 Å². The predicted octanol–water partition coefficient (Wildman–Crippen LogP) is 1.71. The number of fused-ring (bicyclic) bond motifs is 1. The lowest BCUT2D eigenvalue weighted by Crippen LogP contribution is -2.43. The number of H-pyrrole nitrogens is 1. The molecule has 11 nitrogen and oxygen atoms in total. The molecule has 204 valence electrons. The molecule has 37 heavy (non-hydrogen) atoms. The first-order valence-electron chi connectivity index (χ1n) is 12.5. The SMILES string of the molecule is Cc1c(C)c(S(=O)(=O)NC(=N)NCCC[C@H](N)C(=O)NCCc2c[nH]cn2)c(C)c2c1OC(C)(C)CC2. The Labute approximate surface area is 218 Å². The van der Waals surface area contributed by atoms with Crippen LogP contribution in [0.1, 0.15) is 61.1 Å². The summed E-state index contributed by atoms with van der Waals surface area (Å²) in [5, 5.41) is 13.7. The smallest absolute Gasteiger partial charge is 0.264 e. The van der Waals surface area contributed by atoms with Crippen molar-refractivity contribution < 1.29 is 17.9 Å². The number of nitrogens with two attached hydrogens (primary N) is 1. The van der Waals surface area contributed by atoms with Gasteiger partial charge in [-0.2, -0.15) is 0 Å². The normalized spacial score (nSPS) is 15.3. The van der Waals surface area contributed by atoms with Gasteiger partial charge in [-0.15, -0.1) is 0 Å². The second kappa shape index (κ2) is 11.5. The summed E-state index contributed by atoms with van der Waals surface area (Å²) in [7, 11) is -3.99. The molecule has 1 amide bonds. The molecule has 0 radical (unpaired) electrons. The summed E-state index contributed by atoms with van der Waals surface area (Å²) >= 11 is 0. The standard InChI is InChI=1S/C25H39N7O4S/c1-15-16(2)22(17(3)19-8-10-25(4,5)36-21(15)19)37(34,35)32-24(27)30-11-6-7-20(26)23(33)29-12-9-18-13-28-14-31-18/h13-14,20H,6-12,26H2,1-5H3,(H,28,31)(H,29,33)(H3,27,30,32)/t20-/m0/s1. The van der Waals surface area contributed by atoms with Gasteiger partial charge in [-0.25, -0.2) is 18.1 Å². The maximum atomic E-state index is 13.3. The molecule has 12 heteroatoms. The number of imidazole rings is 1. The summed E-state index contributed by atoms with van der Waals surface area (Å²) in [5.41, 5.74) is 9.47. The van der Waals surface area contributed by atoms with E-state index in [0.29, 0.717) is 43.5 Å². The van der Waals surface area contributed by atoms with Crippen LogP contribution in [-0.2, 0) is 27.7 Å². The lowest BCUT2D eigenvalue weighted by Gasteiger charge is -2.35. The van der Waals surface area contributed by atoms with Crippen LogP contribution in [0.4, 0.5) is 0 Å². The van der Waals surface area contributed by atoms with E-state index in [9.17, 15) is 13.2 Å². The minimum absolute atomic E-state index is 0.187. The zero-order valence-corrected chi connectivity index (χ0v) is 23.1. The number of rotatable bonds is 10. The second-order valence-electron chi connectivity index (χ2n) is 10.1. The highest BCUT2D eigenvalue weighted by Crippen LogP contribution is 2.42. The average Bonchev–Trinajstić information content (AvgIpc) is 3.32. The molecule has 0 saturated carbocycles. The van der Waals surface area contributed by atoms with Crippen molar-refractivity contribution in [2.45, 2.75) is 83.3 Å². The second-order valence-corrected chi connectivity index (χ2v) is 11.8. The summed E-state index contributed by atoms with van der Waals surface area (Å²) in [4.78, 5) is 19.3. The lowest BCUT2D eigenvalue weighted by atomic mass is 9.88. The van der Waals surface area contributed by atoms with Gasteiger partial charge in [0.2, 0.25) is 11.9 Å². The van der Waals surface area contributed by atoms with E-state index in [2.05, 4.69) is 25.3 Å². The number of nitrogens with zero attached hydrogens (tertiary/aromatic N) is 1. The van der Waals surface area contributed by atoms with Crippen LogP contribution >= 0.6 is 0 Å². The quantitative estimate of drug-likeness (QED) is 0.153. The molecule has 0 spiro atoms. The fourth-order valence-corrected chi connectivity index (χ4v) is 6.04. The average molecular weight is 534 g/mol. The van der Waals surface area contributed by atoms with Crippen LogP contribution in [-0.4, -0.2) is 55.0 Å². The molecule has 0 saturated heterocycles. The summed E-state index contributed by atoms with van der Waals surface area (Å²) in [6.45, 7) is 10.2. The Kier molecular flexibility index (Phi) is 8.85. The van der Waals surface area contributed by atoms with Crippen molar-refractivity contribution in [2.75, 3.05) is 13.1 Å². The molecule has 1 atom stereocenters. The molecule has 2 heterocycles. The van der Waals surface area contributed by atoms with Gasteiger partial charge in [-0.1, -0.05) is 0 Å². The highest BCUT2D eigenvalue weighted by molar-refractivity contribution is 7.90. The van der Waals surface area contributed by atoms with E-state index < -0.39 is 16.1 Å². The van der Waals surface area contributed by atoms with Crippen LogP contribution in [0.3, 0.4) is 0 Å². The van der Waals surface area contributed by atoms with Crippen LogP contribution in [0.15, 0.2) is 17.4 Å². The number of aromatic nitrogens is 2. The Bertz CT molecular complexity index is 1240. The third-order valence-electron chi connectivity index (χ3n) is 6.74. The topological polar surface area (TPSA) is 175 Å². The van der Waals surface area contributed by atoms with Crippen LogP contribution in [0.2, 0.25) is 0 Å². The van der Waals surface area contributed by atoms with Gasteiger partial charge in [0.15, 0.2) is 0 Å². The molecular weight excluding hydrogens is 494 g/mol. The summed E-state index contributed by atoms with van der Waals surface area (Å²) in [6, 6.07) is -0.692. The van der Waals surface area contributed by atoms with Gasteiger partial charge < -0.3 is 26.1 Å². The lowest BCUT2D eigenvalue weighted by molar-refractivity contribution is -0.122. The van der Waals surface area contributed by atoms with Crippen LogP contribution in [0, 0.1) is 26.2 Å². The number of hydrogen-bond donors (Lipinski definition) is 6. The fourth-order valence-electron chi connectivity index (χ4n) is 4.51. The van der Waals surface area contributed by atoms with Crippen molar-refractivity contribution in [1.29, 1.82) is 5.41 Å². The predicted molar refractivity (Wildman–Crippen MR) is 142 cm³/mol. The van der Waals surface area contributed by atoms with Gasteiger partial charge >= 0.3 is 0 Å². The first-order chi connectivity index (χ1) is 17.3. The first kappa shape index (κ1) is 28.5. The van der Waals surface area contributed by atoms with E-state index in [1.54, 1.807) is 26.4 Å². The van der Waals surface area contributed by atoms with E-state index in [0.717, 1.165) is 35.4 Å². The number of benzene rings is 1. The van der Waals surface area contributed by atoms with E-state index in [-0.39, 0.29) is 22.4 Å². The van der Waals surface area contributed by atoms with Gasteiger partial charge in [0.1, 0.15) is 11.4 Å². The number of carbonyl (C=O) groups is 1. The van der Waals surface area contributed by atoms with Crippen LogP contribution in [0.25, 0.3) is 0 Å². The monoisotopic (exact) mass is 533 g/mol. The Morgan fingerprint density at radius 3 is 2.62 bits per heavy atom. The Morgan fingerprint density at radius 1 is 1.22 bits per heavy atom. The van der Waals surface area contributed by atoms with Crippen molar-refractivity contribution in [1.82, 2.24) is 25.3 Å². The third kappa shape index (κ3) is 7.01. The molecule has 0 unspecified atom stereocenters. The van der Waals surface area contributed by atoms with Crippen LogP contribution < -0.4 is 25.8 Å². The molecule has 1 aliphatic heterocycles. The highest BCUT2D eigenvalue weighted by Gasteiger charge is 2.33. The Morgan fingerprint density at radius 2 is 1.95 bits per heavy atom. The number of nitrogens with one attached hydrogen (secondary N) is 5. The molecule has 0 fully saturated rings. The van der Waals surface area contributed by atoms with Crippen LogP contribution in [0.5, 0.6) is 5.75 Å². The number of carbonyl (C=O) groups excluding carboxylic acids is 1. The number of guanidine groups is 1. The minimum Gasteiger partial charge on any atom is -0.487 e. The van der Waals surface area contributed by atoms with E-state index in [1.165, 1.54) is 0 Å². The molecule has 1 aliphatic rings. The summed E-state index contributed by atoms with van der Waals surface area (Å²) in [5.74, 6) is 0.177. The number of amides is 1. The van der Waals surface area contributed by atoms with Crippen molar-refractivity contribution in [3.05, 3.63) is 40.5 Å². The molecular formula is C25H39N7O4S. The van der Waals surface area contributed by atoms with Crippen molar-refractivity contribution in [3.63, 3.8) is 0 Å². The zero-order chi connectivity index (χ0) is 27.4. The number of ether oxygens (including phenoxy) is 1. The van der Waals surface area contributed by atoms with Gasteiger partial charge in [-0.05, 0) is 82.6 Å². The third-order valence-corrected chi connectivity index (χ3v) is 8.36. The fraction of sp³-hybridized carbons (Fsp3) is 0.560.